The number of amides is 2. The van der Waals surface area contributed by atoms with E-state index in [0.717, 1.165) is 5.69 Å². The molecule has 0 bridgehead atoms. The Labute approximate surface area is 105 Å². The van der Waals surface area contributed by atoms with Gasteiger partial charge in [0.05, 0.1) is 5.56 Å². The van der Waals surface area contributed by atoms with Crippen LogP contribution in [-0.2, 0) is 0 Å². The molecule has 0 radical (unpaired) electrons. The van der Waals surface area contributed by atoms with Gasteiger partial charge in [-0.2, -0.15) is 0 Å². The maximum absolute atomic E-state index is 12.0. The summed E-state index contributed by atoms with van der Waals surface area (Å²) in [5.41, 5.74) is 0.935. The maximum Gasteiger partial charge on any atom is 0.335 e. The van der Waals surface area contributed by atoms with E-state index in [4.69, 9.17) is 5.11 Å². The number of carboxylic acid groups (broad SMARTS) is 1. The largest absolute Gasteiger partial charge is 0.478 e. The quantitative estimate of drug-likeness (QED) is 0.824. The van der Waals surface area contributed by atoms with Gasteiger partial charge in [-0.05, 0) is 24.3 Å². The summed E-state index contributed by atoms with van der Waals surface area (Å²) in [4.78, 5) is 26.1. The molecule has 1 aliphatic rings. The number of benzene rings is 1. The molecule has 5 heteroatoms. The van der Waals surface area contributed by atoms with Gasteiger partial charge in [0.25, 0.3) is 0 Å². The van der Waals surface area contributed by atoms with E-state index in [2.05, 4.69) is 6.58 Å². The summed E-state index contributed by atoms with van der Waals surface area (Å²) in [6, 6.07) is 6.23. The third-order valence-corrected chi connectivity index (χ3v) is 2.87. The van der Waals surface area contributed by atoms with Crippen LogP contribution in [-0.4, -0.2) is 41.6 Å². The van der Waals surface area contributed by atoms with E-state index in [0.29, 0.717) is 19.6 Å². The summed E-state index contributed by atoms with van der Waals surface area (Å²) in [5, 5.41) is 8.81. The second-order valence-corrected chi connectivity index (χ2v) is 4.02. The molecule has 18 heavy (non-hydrogen) atoms. The number of carbonyl (C=O) groups is 2. The van der Waals surface area contributed by atoms with Crippen molar-refractivity contribution in [3.8, 4) is 0 Å². The third kappa shape index (κ3) is 2.20. The molecule has 0 aromatic heterocycles. The molecule has 5 nitrogen and oxygen atoms in total. The zero-order chi connectivity index (χ0) is 13.1. The van der Waals surface area contributed by atoms with Crippen LogP contribution in [0.4, 0.5) is 10.5 Å². The number of urea groups is 1. The van der Waals surface area contributed by atoms with Crippen LogP contribution in [0.3, 0.4) is 0 Å². The Kier molecular flexibility index (Phi) is 3.32. The van der Waals surface area contributed by atoms with Crippen LogP contribution in [0.1, 0.15) is 10.4 Å². The maximum atomic E-state index is 12.0. The molecule has 1 saturated heterocycles. The predicted octanol–water partition coefficient (Wildman–Crippen LogP) is 1.81. The number of hydrogen-bond donors (Lipinski definition) is 1. The normalized spacial score (nSPS) is 15.0. The van der Waals surface area contributed by atoms with E-state index < -0.39 is 5.97 Å². The lowest BCUT2D eigenvalue weighted by molar-refractivity contribution is 0.0697. The first-order valence-corrected chi connectivity index (χ1v) is 5.64. The van der Waals surface area contributed by atoms with Crippen molar-refractivity contribution in [2.24, 2.45) is 0 Å². The van der Waals surface area contributed by atoms with Gasteiger partial charge < -0.3 is 10.0 Å². The molecule has 1 fully saturated rings. The molecule has 2 amide bonds. The van der Waals surface area contributed by atoms with Crippen LogP contribution in [0.2, 0.25) is 0 Å². The topological polar surface area (TPSA) is 60.9 Å². The number of rotatable bonds is 4. The van der Waals surface area contributed by atoms with Gasteiger partial charge >= 0.3 is 12.0 Å². The van der Waals surface area contributed by atoms with Crippen molar-refractivity contribution in [2.75, 3.05) is 24.5 Å². The third-order valence-electron chi connectivity index (χ3n) is 2.87. The smallest absolute Gasteiger partial charge is 0.335 e. The monoisotopic (exact) mass is 246 g/mol. The molecule has 0 saturated carbocycles. The summed E-state index contributed by atoms with van der Waals surface area (Å²) in [6.45, 7) is 5.41. The Balaban J connectivity index is 2.15. The molecule has 0 spiro atoms. The Hall–Kier alpha value is -2.30. The highest BCUT2D eigenvalue weighted by Crippen LogP contribution is 2.20. The van der Waals surface area contributed by atoms with Crippen LogP contribution in [0.15, 0.2) is 36.9 Å². The highest BCUT2D eigenvalue weighted by Gasteiger charge is 2.28. The summed E-state index contributed by atoms with van der Waals surface area (Å²) >= 11 is 0. The van der Waals surface area contributed by atoms with Crippen molar-refractivity contribution in [1.29, 1.82) is 0 Å². The van der Waals surface area contributed by atoms with Crippen LogP contribution < -0.4 is 4.90 Å². The van der Waals surface area contributed by atoms with Crippen LogP contribution >= 0.6 is 0 Å². The number of anilines is 1. The fourth-order valence-corrected chi connectivity index (χ4v) is 1.93. The molecular formula is C13H14N2O3. The molecule has 1 aromatic carbocycles. The number of aromatic carboxylic acids is 1. The van der Waals surface area contributed by atoms with Gasteiger partial charge in [0, 0.05) is 25.3 Å². The SMILES string of the molecule is C=CCN1CCN(c2ccc(C(=O)O)cc2)C1=O. The molecule has 0 atom stereocenters. The molecule has 1 heterocycles. The second kappa shape index (κ2) is 4.91. The Morgan fingerprint density at radius 2 is 2.00 bits per heavy atom. The van der Waals surface area contributed by atoms with Crippen molar-refractivity contribution >= 4 is 17.7 Å². The minimum absolute atomic E-state index is 0.0713. The Bertz CT molecular complexity index is 482. The number of carbonyl (C=O) groups excluding carboxylic acids is 1. The molecular weight excluding hydrogens is 232 g/mol. The van der Waals surface area contributed by atoms with Crippen LogP contribution in [0.5, 0.6) is 0 Å². The zero-order valence-electron chi connectivity index (χ0n) is 9.87. The minimum Gasteiger partial charge on any atom is -0.478 e. The van der Waals surface area contributed by atoms with E-state index in [9.17, 15) is 9.59 Å². The highest BCUT2D eigenvalue weighted by atomic mass is 16.4. The van der Waals surface area contributed by atoms with E-state index >= 15 is 0 Å². The second-order valence-electron chi connectivity index (χ2n) is 4.02. The van der Waals surface area contributed by atoms with E-state index in [1.165, 1.54) is 12.1 Å². The number of nitrogens with zero attached hydrogens (tertiary/aromatic N) is 2. The summed E-state index contributed by atoms with van der Waals surface area (Å²) < 4.78 is 0. The Morgan fingerprint density at radius 3 is 2.56 bits per heavy atom. The fourth-order valence-electron chi connectivity index (χ4n) is 1.93. The number of carboxylic acids is 1. The van der Waals surface area contributed by atoms with Gasteiger partial charge in [-0.3, -0.25) is 4.90 Å². The van der Waals surface area contributed by atoms with Gasteiger partial charge in [-0.1, -0.05) is 6.08 Å². The molecule has 94 valence electrons. The summed E-state index contributed by atoms with van der Waals surface area (Å²) in [6.07, 6.45) is 1.69. The van der Waals surface area contributed by atoms with Crippen molar-refractivity contribution < 1.29 is 14.7 Å². The molecule has 1 N–H and O–H groups in total. The first kappa shape index (κ1) is 12.2. The van der Waals surface area contributed by atoms with E-state index in [1.807, 2.05) is 0 Å². The van der Waals surface area contributed by atoms with Crippen molar-refractivity contribution in [3.05, 3.63) is 42.5 Å². The van der Waals surface area contributed by atoms with Gasteiger partial charge in [0.1, 0.15) is 0 Å². The van der Waals surface area contributed by atoms with Crippen molar-refractivity contribution in [2.45, 2.75) is 0 Å². The average molecular weight is 246 g/mol. The average Bonchev–Trinajstić information content (AvgIpc) is 2.72. The Morgan fingerprint density at radius 1 is 1.33 bits per heavy atom. The lowest BCUT2D eigenvalue weighted by Gasteiger charge is -2.17. The fraction of sp³-hybridized carbons (Fsp3) is 0.231. The lowest BCUT2D eigenvalue weighted by Crippen LogP contribution is -2.31. The molecule has 1 aliphatic heterocycles. The van der Waals surface area contributed by atoms with Gasteiger partial charge in [0.2, 0.25) is 0 Å². The van der Waals surface area contributed by atoms with Crippen molar-refractivity contribution in [3.63, 3.8) is 0 Å². The highest BCUT2D eigenvalue weighted by molar-refractivity contribution is 5.95. The van der Waals surface area contributed by atoms with Gasteiger partial charge in [-0.15, -0.1) is 6.58 Å². The molecule has 1 aromatic rings. The molecule has 2 rings (SSSR count). The first-order valence-electron chi connectivity index (χ1n) is 5.64. The van der Waals surface area contributed by atoms with Crippen LogP contribution in [0, 0.1) is 0 Å². The summed E-state index contributed by atoms with van der Waals surface area (Å²) in [7, 11) is 0. The van der Waals surface area contributed by atoms with Crippen LogP contribution in [0.25, 0.3) is 0 Å². The number of hydrogen-bond acceptors (Lipinski definition) is 2. The predicted molar refractivity (Wildman–Crippen MR) is 67.9 cm³/mol. The molecule has 0 unspecified atom stereocenters. The van der Waals surface area contributed by atoms with Crippen molar-refractivity contribution in [1.82, 2.24) is 4.90 Å². The minimum atomic E-state index is -0.970. The van der Waals surface area contributed by atoms with E-state index in [-0.39, 0.29) is 11.6 Å². The first-order chi connectivity index (χ1) is 8.63. The summed E-state index contributed by atoms with van der Waals surface area (Å²) in [5.74, 6) is -0.970. The molecule has 0 aliphatic carbocycles. The van der Waals surface area contributed by atoms with Gasteiger partial charge in [-0.25, -0.2) is 9.59 Å². The zero-order valence-corrected chi connectivity index (χ0v) is 9.87. The van der Waals surface area contributed by atoms with E-state index in [1.54, 1.807) is 28.0 Å². The lowest BCUT2D eigenvalue weighted by atomic mass is 10.2. The van der Waals surface area contributed by atoms with Gasteiger partial charge in [0.15, 0.2) is 0 Å². The standard InChI is InChI=1S/C13H14N2O3/c1-2-7-14-8-9-15(13(14)18)11-5-3-10(4-6-11)12(16)17/h2-6H,1,7-9H2,(H,16,17).